The lowest BCUT2D eigenvalue weighted by Gasteiger charge is -2.19. The summed E-state index contributed by atoms with van der Waals surface area (Å²) in [5.41, 5.74) is 1.49. The summed E-state index contributed by atoms with van der Waals surface area (Å²) in [6.45, 7) is 4.18. The molecule has 1 aromatic heterocycles. The highest BCUT2D eigenvalue weighted by atomic mass is 32.2. The number of hydrogen-bond donors (Lipinski definition) is 1. The first-order chi connectivity index (χ1) is 9.95. The summed E-state index contributed by atoms with van der Waals surface area (Å²) in [6, 6.07) is 9.74. The fraction of sp³-hybridized carbons (Fsp3) is 0.357. The highest BCUT2D eigenvalue weighted by Gasteiger charge is 2.27. The van der Waals surface area contributed by atoms with Crippen LogP contribution in [0.5, 0.6) is 0 Å². The van der Waals surface area contributed by atoms with Gasteiger partial charge in [0.05, 0.1) is 0 Å². The number of benzene rings is 1. The van der Waals surface area contributed by atoms with Gasteiger partial charge in [0, 0.05) is 18.8 Å². The summed E-state index contributed by atoms with van der Waals surface area (Å²) in [6.07, 6.45) is 0.645. The topological polar surface area (TPSA) is 70.2 Å². The van der Waals surface area contributed by atoms with Crippen molar-refractivity contribution in [2.75, 3.05) is 13.1 Å². The highest BCUT2D eigenvalue weighted by molar-refractivity contribution is 7.91. The summed E-state index contributed by atoms with van der Waals surface area (Å²) >= 11 is 0.746. The van der Waals surface area contributed by atoms with E-state index in [0.717, 1.165) is 16.9 Å². The van der Waals surface area contributed by atoms with Crippen molar-refractivity contribution in [2.45, 2.75) is 24.5 Å². The molecule has 0 unspecified atom stereocenters. The summed E-state index contributed by atoms with van der Waals surface area (Å²) < 4.78 is 26.7. The van der Waals surface area contributed by atoms with E-state index >= 15 is 0 Å². The van der Waals surface area contributed by atoms with Crippen LogP contribution in [0, 0.1) is 6.92 Å². The largest absolute Gasteiger partial charge is 0.315 e. The number of hydrogen-bond acceptors (Lipinski definition) is 4. The number of rotatable bonds is 6. The van der Waals surface area contributed by atoms with E-state index in [0.29, 0.717) is 25.2 Å². The van der Waals surface area contributed by atoms with Crippen LogP contribution in [0.1, 0.15) is 18.2 Å². The summed E-state index contributed by atoms with van der Waals surface area (Å²) in [4.78, 5) is 13.5. The molecule has 0 spiro atoms. The number of aryl methyl sites for hydroxylation is 1. The molecule has 114 valence electrons. The summed E-state index contributed by atoms with van der Waals surface area (Å²) in [5.74, 6) is 0. The average Bonchev–Trinajstić information content (AvgIpc) is 2.80. The van der Waals surface area contributed by atoms with Gasteiger partial charge >= 0.3 is 4.87 Å². The smallest absolute Gasteiger partial charge is 0.305 e. The van der Waals surface area contributed by atoms with Gasteiger partial charge in [0.15, 0.2) is 4.21 Å². The van der Waals surface area contributed by atoms with Crippen LogP contribution in [0.15, 0.2) is 39.3 Å². The first-order valence-corrected chi connectivity index (χ1v) is 8.94. The molecule has 2 rings (SSSR count). The Hall–Kier alpha value is -1.44. The molecule has 0 aliphatic heterocycles. The maximum absolute atomic E-state index is 12.6. The van der Waals surface area contributed by atoms with Gasteiger partial charge in [0.1, 0.15) is 0 Å². The Morgan fingerprint density at radius 1 is 1.24 bits per heavy atom. The van der Waals surface area contributed by atoms with Gasteiger partial charge in [0.25, 0.3) is 10.0 Å². The van der Waals surface area contributed by atoms with Gasteiger partial charge in [0.2, 0.25) is 0 Å². The van der Waals surface area contributed by atoms with Crippen LogP contribution in [0.4, 0.5) is 0 Å². The molecular formula is C14H18N2O3S2. The Morgan fingerprint density at radius 3 is 2.43 bits per heavy atom. The SMILES string of the molecule is CCN(CCc1ccccc1)S(=O)(=O)c1sc(=O)[nH]c1C. The van der Waals surface area contributed by atoms with Crippen molar-refractivity contribution < 1.29 is 8.42 Å². The number of H-pyrrole nitrogens is 1. The second kappa shape index (κ2) is 6.55. The van der Waals surface area contributed by atoms with Crippen LogP contribution >= 0.6 is 11.3 Å². The molecular weight excluding hydrogens is 308 g/mol. The van der Waals surface area contributed by atoms with Gasteiger partial charge in [-0.15, -0.1) is 0 Å². The molecule has 0 aliphatic carbocycles. The third-order valence-corrected chi connectivity index (χ3v) is 6.76. The molecule has 1 aromatic carbocycles. The minimum absolute atomic E-state index is 0.113. The average molecular weight is 326 g/mol. The lowest BCUT2D eigenvalue weighted by atomic mass is 10.1. The van der Waals surface area contributed by atoms with E-state index in [1.165, 1.54) is 4.31 Å². The molecule has 1 heterocycles. The normalized spacial score (nSPS) is 12.0. The van der Waals surface area contributed by atoms with E-state index in [1.54, 1.807) is 13.8 Å². The summed E-state index contributed by atoms with van der Waals surface area (Å²) in [7, 11) is -3.61. The number of aromatic nitrogens is 1. The number of sulfonamides is 1. The Bertz CT molecular complexity index is 748. The molecule has 0 aliphatic rings. The van der Waals surface area contributed by atoms with Crippen molar-refractivity contribution in [3.63, 3.8) is 0 Å². The third-order valence-electron chi connectivity index (χ3n) is 3.20. The van der Waals surface area contributed by atoms with Gasteiger partial charge in [-0.2, -0.15) is 4.31 Å². The second-order valence-electron chi connectivity index (χ2n) is 4.66. The van der Waals surface area contributed by atoms with Crippen LogP contribution in [0.2, 0.25) is 0 Å². The predicted octanol–water partition coefficient (Wildman–Crippen LogP) is 2.00. The number of thiazole rings is 1. The maximum atomic E-state index is 12.6. The van der Waals surface area contributed by atoms with Crippen molar-refractivity contribution in [3.05, 3.63) is 51.3 Å². The molecule has 0 bridgehead atoms. The molecule has 5 nitrogen and oxygen atoms in total. The Kier molecular flexibility index (Phi) is 4.97. The molecule has 0 saturated carbocycles. The second-order valence-corrected chi connectivity index (χ2v) is 7.78. The molecule has 2 aromatic rings. The Labute approximate surface area is 128 Å². The van der Waals surface area contributed by atoms with Crippen LogP contribution < -0.4 is 4.87 Å². The van der Waals surface area contributed by atoms with E-state index in [-0.39, 0.29) is 9.08 Å². The van der Waals surface area contributed by atoms with Crippen LogP contribution in [0.25, 0.3) is 0 Å². The van der Waals surface area contributed by atoms with Crippen molar-refractivity contribution in [2.24, 2.45) is 0 Å². The van der Waals surface area contributed by atoms with E-state index in [1.807, 2.05) is 30.3 Å². The lowest BCUT2D eigenvalue weighted by molar-refractivity contribution is 0.432. The fourth-order valence-electron chi connectivity index (χ4n) is 2.10. The molecule has 0 radical (unpaired) electrons. The zero-order valence-electron chi connectivity index (χ0n) is 12.0. The zero-order chi connectivity index (χ0) is 15.5. The van der Waals surface area contributed by atoms with Crippen LogP contribution in [-0.2, 0) is 16.4 Å². The Balaban J connectivity index is 2.20. The van der Waals surface area contributed by atoms with Crippen molar-refractivity contribution in [1.82, 2.24) is 9.29 Å². The third kappa shape index (κ3) is 3.61. The number of nitrogens with one attached hydrogen (secondary N) is 1. The predicted molar refractivity (Wildman–Crippen MR) is 84.3 cm³/mol. The first-order valence-electron chi connectivity index (χ1n) is 6.69. The minimum Gasteiger partial charge on any atom is -0.315 e. The quantitative estimate of drug-likeness (QED) is 0.882. The molecule has 0 saturated heterocycles. The van der Waals surface area contributed by atoms with Gasteiger partial charge in [-0.25, -0.2) is 8.42 Å². The standard InChI is InChI=1S/C14H18N2O3S2/c1-3-16(10-9-12-7-5-4-6-8-12)21(18,19)13-11(2)15-14(17)20-13/h4-8H,3,9-10H2,1-2H3,(H,15,17). The van der Waals surface area contributed by atoms with E-state index in [2.05, 4.69) is 4.98 Å². The van der Waals surface area contributed by atoms with Crippen LogP contribution in [0.3, 0.4) is 0 Å². The molecule has 0 fully saturated rings. The molecule has 0 atom stereocenters. The number of aromatic amines is 1. The highest BCUT2D eigenvalue weighted by Crippen LogP contribution is 2.21. The monoisotopic (exact) mass is 326 g/mol. The maximum Gasteiger partial charge on any atom is 0.305 e. The van der Waals surface area contributed by atoms with Crippen LogP contribution in [-0.4, -0.2) is 30.8 Å². The molecule has 1 N–H and O–H groups in total. The van der Waals surface area contributed by atoms with Gasteiger partial charge < -0.3 is 4.98 Å². The van der Waals surface area contributed by atoms with Gasteiger partial charge in [-0.3, -0.25) is 4.79 Å². The van der Waals surface area contributed by atoms with Crippen molar-refractivity contribution in [1.29, 1.82) is 0 Å². The number of nitrogens with zero attached hydrogens (tertiary/aromatic N) is 1. The molecule has 0 amide bonds. The minimum atomic E-state index is -3.61. The van der Waals surface area contributed by atoms with Crippen molar-refractivity contribution in [3.8, 4) is 0 Å². The van der Waals surface area contributed by atoms with E-state index in [9.17, 15) is 13.2 Å². The Morgan fingerprint density at radius 2 is 1.90 bits per heavy atom. The zero-order valence-corrected chi connectivity index (χ0v) is 13.6. The van der Waals surface area contributed by atoms with E-state index in [4.69, 9.17) is 0 Å². The van der Waals surface area contributed by atoms with E-state index < -0.39 is 10.0 Å². The van der Waals surface area contributed by atoms with Crippen molar-refractivity contribution >= 4 is 21.4 Å². The fourth-order valence-corrected chi connectivity index (χ4v) is 4.99. The van der Waals surface area contributed by atoms with Gasteiger partial charge in [-0.05, 0) is 18.9 Å². The first kappa shape index (κ1) is 15.9. The lowest BCUT2D eigenvalue weighted by Crippen LogP contribution is -2.32. The molecule has 7 heteroatoms. The summed E-state index contributed by atoms with van der Waals surface area (Å²) in [5, 5.41) is 0. The number of likely N-dealkylation sites (N-methyl/N-ethyl adjacent to an activating group) is 1. The molecule has 21 heavy (non-hydrogen) atoms. The van der Waals surface area contributed by atoms with Gasteiger partial charge in [-0.1, -0.05) is 48.6 Å².